The highest BCUT2D eigenvalue weighted by molar-refractivity contribution is 5.56. The maximum absolute atomic E-state index is 10.9. The average molecular weight is 327 g/mol. The molecular weight excluding hydrogens is 314 g/mol. The van der Waals surface area contributed by atoms with Gasteiger partial charge in [-0.2, -0.15) is 4.98 Å². The van der Waals surface area contributed by atoms with E-state index in [9.17, 15) is 10.1 Å². The Morgan fingerprint density at radius 1 is 1.21 bits per heavy atom. The van der Waals surface area contributed by atoms with Crippen molar-refractivity contribution < 1.29 is 18.9 Å². The summed E-state index contributed by atoms with van der Waals surface area (Å²) in [6, 6.07) is 13.3. The van der Waals surface area contributed by atoms with Gasteiger partial charge in [-0.05, 0) is 18.2 Å². The van der Waals surface area contributed by atoms with E-state index in [0.717, 1.165) is 5.56 Å². The lowest BCUT2D eigenvalue weighted by Gasteiger charge is -2.03. The number of hydrogen-bond donors (Lipinski definition) is 0. The van der Waals surface area contributed by atoms with Crippen LogP contribution in [0.4, 0.5) is 5.69 Å². The quantitative estimate of drug-likeness (QED) is 0.506. The van der Waals surface area contributed by atoms with E-state index in [1.165, 1.54) is 12.1 Å². The van der Waals surface area contributed by atoms with Gasteiger partial charge in [-0.15, -0.1) is 0 Å². The third-order valence-corrected chi connectivity index (χ3v) is 3.21. The molecule has 0 unspecified atom stereocenters. The van der Waals surface area contributed by atoms with Gasteiger partial charge in [0.1, 0.15) is 5.75 Å². The van der Waals surface area contributed by atoms with E-state index < -0.39 is 4.92 Å². The van der Waals surface area contributed by atoms with Crippen LogP contribution in [0.15, 0.2) is 53.1 Å². The van der Waals surface area contributed by atoms with Crippen LogP contribution >= 0.6 is 0 Å². The van der Waals surface area contributed by atoms with E-state index in [0.29, 0.717) is 11.6 Å². The number of nitro benzene ring substituents is 1. The van der Waals surface area contributed by atoms with E-state index >= 15 is 0 Å². The van der Waals surface area contributed by atoms with Crippen molar-refractivity contribution in [1.82, 2.24) is 10.1 Å². The fraction of sp³-hybridized carbons (Fsp3) is 0.125. The molecule has 1 aromatic heterocycles. The van der Waals surface area contributed by atoms with Crippen LogP contribution in [0.5, 0.6) is 11.5 Å². The molecule has 3 rings (SSSR count). The van der Waals surface area contributed by atoms with Gasteiger partial charge >= 0.3 is 5.69 Å². The molecule has 0 atom stereocenters. The Balaban J connectivity index is 1.74. The monoisotopic (exact) mass is 327 g/mol. The Kier molecular flexibility index (Phi) is 4.37. The highest BCUT2D eigenvalue weighted by Crippen LogP contribution is 2.27. The lowest BCUT2D eigenvalue weighted by molar-refractivity contribution is -0.386. The molecule has 24 heavy (non-hydrogen) atoms. The standard InChI is InChI=1S/C16H13N3O5/c1-22-12-6-4-5-11(9-12)16-17-15(24-18-16)10-23-14-8-3-2-7-13(14)19(20)21/h2-9H,10H2,1H3. The van der Waals surface area contributed by atoms with E-state index in [4.69, 9.17) is 14.0 Å². The van der Waals surface area contributed by atoms with Crippen molar-refractivity contribution in [1.29, 1.82) is 0 Å². The summed E-state index contributed by atoms with van der Waals surface area (Å²) in [6.45, 7) is -0.0676. The van der Waals surface area contributed by atoms with Crippen LogP contribution in [0.3, 0.4) is 0 Å². The van der Waals surface area contributed by atoms with E-state index in [1.54, 1.807) is 25.3 Å². The first kappa shape index (κ1) is 15.5. The summed E-state index contributed by atoms with van der Waals surface area (Å²) in [5, 5.41) is 14.8. The minimum absolute atomic E-state index is 0.0676. The van der Waals surface area contributed by atoms with Crippen LogP contribution in [0.25, 0.3) is 11.4 Å². The topological polar surface area (TPSA) is 101 Å². The molecule has 0 bridgehead atoms. The second kappa shape index (κ2) is 6.78. The highest BCUT2D eigenvalue weighted by atomic mass is 16.6. The van der Waals surface area contributed by atoms with Gasteiger partial charge in [0, 0.05) is 11.6 Å². The molecule has 0 N–H and O–H groups in total. The summed E-state index contributed by atoms with van der Waals surface area (Å²) >= 11 is 0. The third kappa shape index (κ3) is 3.32. The van der Waals surface area contributed by atoms with Crippen molar-refractivity contribution in [3.63, 3.8) is 0 Å². The second-order valence-electron chi connectivity index (χ2n) is 4.76. The first-order chi connectivity index (χ1) is 11.7. The molecule has 0 radical (unpaired) electrons. The summed E-state index contributed by atoms with van der Waals surface area (Å²) in [5.41, 5.74) is 0.611. The molecule has 0 amide bonds. The van der Waals surface area contributed by atoms with Crippen LogP contribution in [-0.2, 0) is 6.61 Å². The smallest absolute Gasteiger partial charge is 0.310 e. The SMILES string of the molecule is COc1cccc(-c2noc(COc3ccccc3[N+](=O)[O-])n2)c1. The zero-order valence-corrected chi connectivity index (χ0v) is 12.7. The predicted octanol–water partition coefficient (Wildman–Crippen LogP) is 3.23. The lowest BCUT2D eigenvalue weighted by atomic mass is 10.2. The molecule has 1 heterocycles. The average Bonchev–Trinajstić information content (AvgIpc) is 3.09. The third-order valence-electron chi connectivity index (χ3n) is 3.21. The van der Waals surface area contributed by atoms with Gasteiger partial charge in [0.25, 0.3) is 5.89 Å². The Morgan fingerprint density at radius 2 is 2.04 bits per heavy atom. The molecule has 122 valence electrons. The molecule has 8 heteroatoms. The molecular formula is C16H13N3O5. The first-order valence-electron chi connectivity index (χ1n) is 7.00. The number of rotatable bonds is 6. The fourth-order valence-electron chi connectivity index (χ4n) is 2.06. The minimum atomic E-state index is -0.509. The summed E-state index contributed by atoms with van der Waals surface area (Å²) in [4.78, 5) is 14.7. The molecule has 0 saturated heterocycles. The summed E-state index contributed by atoms with van der Waals surface area (Å²) in [7, 11) is 1.57. The van der Waals surface area contributed by atoms with Gasteiger partial charge < -0.3 is 14.0 Å². The Bertz CT molecular complexity index is 862. The Hall–Kier alpha value is -3.42. The van der Waals surface area contributed by atoms with Gasteiger partial charge in [0.15, 0.2) is 12.4 Å². The maximum atomic E-state index is 10.9. The van der Waals surface area contributed by atoms with Crippen molar-refractivity contribution >= 4 is 5.69 Å². The van der Waals surface area contributed by atoms with Crippen LogP contribution in [-0.4, -0.2) is 22.2 Å². The largest absolute Gasteiger partial charge is 0.497 e. The van der Waals surface area contributed by atoms with Gasteiger partial charge in [0.2, 0.25) is 5.82 Å². The number of hydrogen-bond acceptors (Lipinski definition) is 7. The van der Waals surface area contributed by atoms with Crippen molar-refractivity contribution in [2.75, 3.05) is 7.11 Å². The number of nitrogens with zero attached hydrogens (tertiary/aromatic N) is 3. The number of benzene rings is 2. The van der Waals surface area contributed by atoms with Gasteiger partial charge in [0.05, 0.1) is 12.0 Å². The van der Waals surface area contributed by atoms with E-state index in [-0.39, 0.29) is 23.9 Å². The lowest BCUT2D eigenvalue weighted by Crippen LogP contribution is -1.99. The Morgan fingerprint density at radius 3 is 2.83 bits per heavy atom. The summed E-state index contributed by atoms with van der Waals surface area (Å²) < 4.78 is 15.7. The van der Waals surface area contributed by atoms with Crippen molar-refractivity contribution in [3.8, 4) is 22.9 Å². The molecule has 2 aromatic carbocycles. The fourth-order valence-corrected chi connectivity index (χ4v) is 2.06. The number of methoxy groups -OCH3 is 1. The molecule has 0 aliphatic carbocycles. The molecule has 0 aliphatic heterocycles. The van der Waals surface area contributed by atoms with Gasteiger partial charge in [-0.1, -0.05) is 29.4 Å². The second-order valence-corrected chi connectivity index (χ2v) is 4.76. The number of nitro groups is 1. The van der Waals surface area contributed by atoms with E-state index in [2.05, 4.69) is 10.1 Å². The molecule has 3 aromatic rings. The molecule has 0 spiro atoms. The van der Waals surface area contributed by atoms with Crippen LogP contribution < -0.4 is 9.47 Å². The zero-order valence-electron chi connectivity index (χ0n) is 12.7. The van der Waals surface area contributed by atoms with Gasteiger partial charge in [-0.25, -0.2) is 0 Å². The van der Waals surface area contributed by atoms with Crippen LogP contribution in [0.2, 0.25) is 0 Å². The van der Waals surface area contributed by atoms with Crippen LogP contribution in [0, 0.1) is 10.1 Å². The zero-order chi connectivity index (χ0) is 16.9. The predicted molar refractivity (Wildman–Crippen MR) is 83.7 cm³/mol. The molecule has 8 nitrogen and oxygen atoms in total. The highest BCUT2D eigenvalue weighted by Gasteiger charge is 2.15. The van der Waals surface area contributed by atoms with Crippen molar-refractivity contribution in [2.45, 2.75) is 6.61 Å². The Labute approximate surface area is 136 Å². The number of para-hydroxylation sites is 2. The van der Waals surface area contributed by atoms with Gasteiger partial charge in [-0.3, -0.25) is 10.1 Å². The van der Waals surface area contributed by atoms with Crippen molar-refractivity contribution in [2.24, 2.45) is 0 Å². The number of ether oxygens (including phenoxy) is 2. The molecule has 0 fully saturated rings. The van der Waals surface area contributed by atoms with E-state index in [1.807, 2.05) is 18.2 Å². The minimum Gasteiger partial charge on any atom is -0.497 e. The van der Waals surface area contributed by atoms with Crippen molar-refractivity contribution in [3.05, 3.63) is 64.5 Å². The first-order valence-corrected chi connectivity index (χ1v) is 7.00. The summed E-state index contributed by atoms with van der Waals surface area (Å²) in [6.07, 6.45) is 0. The normalized spacial score (nSPS) is 10.4. The molecule has 0 saturated carbocycles. The molecule has 0 aliphatic rings. The summed E-state index contributed by atoms with van der Waals surface area (Å²) in [5.74, 6) is 1.42. The van der Waals surface area contributed by atoms with Crippen LogP contribution in [0.1, 0.15) is 5.89 Å². The number of aromatic nitrogens is 2. The maximum Gasteiger partial charge on any atom is 0.310 e.